The van der Waals surface area contributed by atoms with Crippen molar-refractivity contribution in [3.8, 4) is 0 Å². The average Bonchev–Trinajstić information content (AvgIpc) is 2.34. The first-order chi connectivity index (χ1) is 9.08. The summed E-state index contributed by atoms with van der Waals surface area (Å²) in [6, 6.07) is 4.33. The van der Waals surface area contributed by atoms with Crippen molar-refractivity contribution in [3.63, 3.8) is 0 Å². The zero-order chi connectivity index (χ0) is 15.6. The summed E-state index contributed by atoms with van der Waals surface area (Å²) in [6.07, 6.45) is 0.680. The third-order valence-corrected chi connectivity index (χ3v) is 8.31. The zero-order valence-corrected chi connectivity index (χ0v) is 13.6. The quantitative estimate of drug-likeness (QED) is 0.357. The Morgan fingerprint density at radius 1 is 1.35 bits per heavy atom. The lowest BCUT2D eigenvalue weighted by Crippen LogP contribution is -2.40. The van der Waals surface area contributed by atoms with E-state index in [1.54, 1.807) is 0 Å². The average molecular weight is 295 g/mol. The van der Waals surface area contributed by atoms with Crippen LogP contribution in [0.1, 0.15) is 36.7 Å². The number of nitro groups is 1. The molecule has 0 aliphatic rings. The van der Waals surface area contributed by atoms with Gasteiger partial charge in [-0.3, -0.25) is 14.9 Å². The normalized spacial score (nSPS) is 12.2. The molecular formula is C14H21NO4Si. The lowest BCUT2D eigenvalue weighted by molar-refractivity contribution is -0.385. The molecule has 0 amide bonds. The fourth-order valence-electron chi connectivity index (χ4n) is 1.45. The number of carbonyl (C=O) groups is 1. The van der Waals surface area contributed by atoms with E-state index in [1.165, 1.54) is 18.2 Å². The van der Waals surface area contributed by atoms with E-state index in [-0.39, 0.29) is 17.3 Å². The lowest BCUT2D eigenvalue weighted by atomic mass is 10.1. The van der Waals surface area contributed by atoms with E-state index in [0.29, 0.717) is 17.4 Å². The van der Waals surface area contributed by atoms with Gasteiger partial charge in [-0.1, -0.05) is 20.8 Å². The molecule has 6 heteroatoms. The van der Waals surface area contributed by atoms with Crippen LogP contribution < -0.4 is 0 Å². The molecule has 0 saturated heterocycles. The molecule has 0 fully saturated rings. The first kappa shape index (κ1) is 16.5. The topological polar surface area (TPSA) is 69.4 Å². The van der Waals surface area contributed by atoms with E-state index in [4.69, 9.17) is 4.43 Å². The highest BCUT2D eigenvalue weighted by atomic mass is 28.4. The fraction of sp³-hybridized carbons (Fsp3) is 0.500. The van der Waals surface area contributed by atoms with E-state index in [1.807, 2.05) is 0 Å². The number of benzene rings is 1. The predicted octanol–water partition coefficient (Wildman–Crippen LogP) is 3.93. The monoisotopic (exact) mass is 295 g/mol. The fourth-order valence-corrected chi connectivity index (χ4v) is 2.40. The summed E-state index contributed by atoms with van der Waals surface area (Å²) < 4.78 is 5.99. The summed E-state index contributed by atoms with van der Waals surface area (Å²) >= 11 is 0. The highest BCUT2D eigenvalue weighted by molar-refractivity contribution is 6.74. The number of aldehydes is 1. The number of hydrogen-bond donors (Lipinski definition) is 0. The van der Waals surface area contributed by atoms with Crippen molar-refractivity contribution in [1.29, 1.82) is 0 Å². The van der Waals surface area contributed by atoms with Crippen molar-refractivity contribution in [3.05, 3.63) is 39.4 Å². The minimum Gasteiger partial charge on any atom is -0.412 e. The first-order valence-corrected chi connectivity index (χ1v) is 9.36. The van der Waals surface area contributed by atoms with Crippen LogP contribution >= 0.6 is 0 Å². The predicted molar refractivity (Wildman–Crippen MR) is 80.5 cm³/mol. The Labute approximate surface area is 120 Å². The Morgan fingerprint density at radius 2 is 1.95 bits per heavy atom. The second-order valence-electron chi connectivity index (χ2n) is 6.31. The van der Waals surface area contributed by atoms with Crippen LogP contribution in [0.4, 0.5) is 5.69 Å². The molecule has 0 bridgehead atoms. The van der Waals surface area contributed by atoms with Gasteiger partial charge in [0.25, 0.3) is 5.69 Å². The molecule has 5 nitrogen and oxygen atoms in total. The molecule has 0 radical (unpaired) electrons. The van der Waals surface area contributed by atoms with Gasteiger partial charge in [-0.25, -0.2) is 0 Å². The van der Waals surface area contributed by atoms with Gasteiger partial charge in [0, 0.05) is 11.6 Å². The molecule has 1 aromatic carbocycles. The van der Waals surface area contributed by atoms with Crippen LogP contribution in [0.2, 0.25) is 18.1 Å². The third-order valence-electron chi connectivity index (χ3n) is 3.83. The molecule has 20 heavy (non-hydrogen) atoms. The van der Waals surface area contributed by atoms with Crippen LogP contribution in [0.15, 0.2) is 18.2 Å². The second kappa shape index (κ2) is 5.84. The largest absolute Gasteiger partial charge is 0.412 e. The third kappa shape index (κ3) is 3.74. The van der Waals surface area contributed by atoms with Gasteiger partial charge in [-0.05, 0) is 30.3 Å². The van der Waals surface area contributed by atoms with Crippen molar-refractivity contribution in [2.24, 2.45) is 0 Å². The van der Waals surface area contributed by atoms with Crippen LogP contribution in [0, 0.1) is 10.1 Å². The smallest absolute Gasteiger partial charge is 0.274 e. The number of hydrogen-bond acceptors (Lipinski definition) is 4. The zero-order valence-electron chi connectivity index (χ0n) is 12.6. The van der Waals surface area contributed by atoms with Gasteiger partial charge in [-0.15, -0.1) is 0 Å². The standard InChI is InChI=1S/C14H21NO4Si/c1-14(2,3)20(4,5)19-10-12-8-11(9-16)6-7-13(12)15(17)18/h6-9H,10H2,1-5H3. The van der Waals surface area contributed by atoms with Crippen LogP contribution in [0.25, 0.3) is 0 Å². The molecule has 0 aliphatic carbocycles. The summed E-state index contributed by atoms with van der Waals surface area (Å²) in [6.45, 7) is 10.7. The maximum atomic E-state index is 11.0. The van der Waals surface area contributed by atoms with Gasteiger partial charge in [0.15, 0.2) is 8.32 Å². The molecule has 0 spiro atoms. The minimum absolute atomic E-state index is 0.00527. The molecule has 1 rings (SSSR count). The summed E-state index contributed by atoms with van der Waals surface area (Å²) in [5, 5.41) is 11.0. The van der Waals surface area contributed by atoms with Crippen LogP contribution in [-0.2, 0) is 11.0 Å². The van der Waals surface area contributed by atoms with Crippen molar-refractivity contribution >= 4 is 20.3 Å². The van der Waals surface area contributed by atoms with Gasteiger partial charge in [0.2, 0.25) is 0 Å². The molecule has 0 unspecified atom stereocenters. The molecule has 0 heterocycles. The van der Waals surface area contributed by atoms with Gasteiger partial charge in [0.1, 0.15) is 6.29 Å². The van der Waals surface area contributed by atoms with Crippen LogP contribution in [0.3, 0.4) is 0 Å². The number of rotatable bonds is 5. The maximum Gasteiger partial charge on any atom is 0.274 e. The highest BCUT2D eigenvalue weighted by Gasteiger charge is 2.37. The second-order valence-corrected chi connectivity index (χ2v) is 11.1. The summed E-state index contributed by atoms with van der Waals surface area (Å²) in [4.78, 5) is 21.4. The van der Waals surface area contributed by atoms with E-state index >= 15 is 0 Å². The number of nitrogens with zero attached hydrogens (tertiary/aromatic N) is 1. The SMILES string of the molecule is CC(C)(C)[Si](C)(C)OCc1cc(C=O)ccc1[N+](=O)[O-]. The Hall–Kier alpha value is -1.53. The van der Waals surface area contributed by atoms with E-state index in [2.05, 4.69) is 33.9 Å². The summed E-state index contributed by atoms with van der Waals surface area (Å²) in [5.74, 6) is 0. The summed E-state index contributed by atoms with van der Waals surface area (Å²) in [5.41, 5.74) is 0.864. The first-order valence-electron chi connectivity index (χ1n) is 6.45. The highest BCUT2D eigenvalue weighted by Crippen LogP contribution is 2.37. The molecule has 1 aromatic rings. The van der Waals surface area contributed by atoms with Gasteiger partial charge in [-0.2, -0.15) is 0 Å². The molecule has 110 valence electrons. The molecule has 0 aliphatic heterocycles. The van der Waals surface area contributed by atoms with E-state index in [9.17, 15) is 14.9 Å². The molecule has 0 N–H and O–H groups in total. The van der Waals surface area contributed by atoms with E-state index in [0.717, 1.165) is 0 Å². The van der Waals surface area contributed by atoms with Crippen molar-refractivity contribution < 1.29 is 14.1 Å². The number of carbonyl (C=O) groups excluding carboxylic acids is 1. The van der Waals surface area contributed by atoms with Gasteiger partial charge >= 0.3 is 0 Å². The van der Waals surface area contributed by atoms with Gasteiger partial charge < -0.3 is 4.43 Å². The molecular weight excluding hydrogens is 274 g/mol. The van der Waals surface area contributed by atoms with Gasteiger partial charge in [0.05, 0.1) is 17.1 Å². The van der Waals surface area contributed by atoms with Crippen LogP contribution in [-0.4, -0.2) is 19.5 Å². The molecule has 0 aromatic heterocycles. The Bertz CT molecular complexity index is 520. The van der Waals surface area contributed by atoms with Crippen molar-refractivity contribution in [2.45, 2.75) is 45.5 Å². The van der Waals surface area contributed by atoms with E-state index < -0.39 is 13.2 Å². The summed E-state index contributed by atoms with van der Waals surface area (Å²) in [7, 11) is -1.98. The number of nitro benzene ring substituents is 1. The Morgan fingerprint density at radius 3 is 2.40 bits per heavy atom. The maximum absolute atomic E-state index is 11.0. The lowest BCUT2D eigenvalue weighted by Gasteiger charge is -2.36. The molecule has 0 saturated carbocycles. The Kier molecular flexibility index (Phi) is 4.83. The minimum atomic E-state index is -1.98. The van der Waals surface area contributed by atoms with Crippen molar-refractivity contribution in [1.82, 2.24) is 0 Å². The Balaban J connectivity index is 3.02. The van der Waals surface area contributed by atoms with Crippen LogP contribution in [0.5, 0.6) is 0 Å². The van der Waals surface area contributed by atoms with Crippen molar-refractivity contribution in [2.75, 3.05) is 0 Å². The molecule has 0 atom stereocenters.